The van der Waals surface area contributed by atoms with Crippen LogP contribution in [-0.4, -0.2) is 26.7 Å². The maximum absolute atomic E-state index is 10.2. The van der Waals surface area contributed by atoms with Crippen LogP contribution < -0.4 is 5.32 Å². The standard InChI is InChI=1S/C4H8N2O4/c1-9-4(10-2)5-3(7)6-8/h4H,1-2H3,(H,5,7). The normalized spacial score (nSPS) is 9.50. The number of nitroso groups, excluding NO2 is 1. The van der Waals surface area contributed by atoms with Crippen LogP contribution in [0.4, 0.5) is 4.79 Å². The molecule has 0 aromatic carbocycles. The highest BCUT2D eigenvalue weighted by atomic mass is 16.7. The van der Waals surface area contributed by atoms with Crippen LogP contribution >= 0.6 is 0 Å². The summed E-state index contributed by atoms with van der Waals surface area (Å²) in [5.41, 5.74) is 0. The molecule has 0 unspecified atom stereocenters. The number of nitrogens with one attached hydrogen (secondary N) is 1. The van der Waals surface area contributed by atoms with Crippen LogP contribution in [-0.2, 0) is 9.47 Å². The number of carbonyl (C=O) groups excluding carboxylic acids is 1. The lowest BCUT2D eigenvalue weighted by Crippen LogP contribution is -2.35. The van der Waals surface area contributed by atoms with Crippen molar-refractivity contribution in [1.82, 2.24) is 5.32 Å². The lowest BCUT2D eigenvalue weighted by atomic mass is 10.9. The molecule has 10 heavy (non-hydrogen) atoms. The molecular formula is C4H8N2O4. The van der Waals surface area contributed by atoms with Gasteiger partial charge >= 0.3 is 6.03 Å². The molecule has 0 atom stereocenters. The summed E-state index contributed by atoms with van der Waals surface area (Å²) in [4.78, 5) is 19.7. The highest BCUT2D eigenvalue weighted by molar-refractivity contribution is 5.74. The second-order valence-corrected chi connectivity index (χ2v) is 1.34. The zero-order chi connectivity index (χ0) is 7.98. The number of hydrogen-bond donors (Lipinski definition) is 1. The van der Waals surface area contributed by atoms with E-state index >= 15 is 0 Å². The number of nitrogens with zero attached hydrogens (tertiary/aromatic N) is 1. The van der Waals surface area contributed by atoms with Gasteiger partial charge in [0.25, 0.3) is 0 Å². The molecule has 0 aromatic rings. The Balaban J connectivity index is 3.62. The predicted molar refractivity (Wildman–Crippen MR) is 32.1 cm³/mol. The zero-order valence-corrected chi connectivity index (χ0v) is 5.66. The molecule has 0 bridgehead atoms. The molecule has 6 heteroatoms. The van der Waals surface area contributed by atoms with Gasteiger partial charge in [0.05, 0.1) is 0 Å². The SMILES string of the molecule is COC(NC(=O)N=O)OC. The van der Waals surface area contributed by atoms with E-state index in [0.717, 1.165) is 0 Å². The van der Waals surface area contributed by atoms with Crippen molar-refractivity contribution in [2.75, 3.05) is 14.2 Å². The Kier molecular flexibility index (Phi) is 4.34. The van der Waals surface area contributed by atoms with Crippen molar-refractivity contribution in [2.24, 2.45) is 5.18 Å². The molecule has 0 saturated heterocycles. The summed E-state index contributed by atoms with van der Waals surface area (Å²) in [6.07, 6.45) is -0.912. The molecule has 58 valence electrons. The zero-order valence-electron chi connectivity index (χ0n) is 5.66. The van der Waals surface area contributed by atoms with Gasteiger partial charge in [0.15, 0.2) is 0 Å². The number of amides is 2. The smallest absolute Gasteiger partial charge is 0.339 e. The molecule has 0 heterocycles. The topological polar surface area (TPSA) is 77.0 Å². The van der Waals surface area contributed by atoms with Gasteiger partial charge in [-0.2, -0.15) is 0 Å². The maximum atomic E-state index is 10.2. The minimum Gasteiger partial charge on any atom is -0.339 e. The Hall–Kier alpha value is -1.01. The number of urea groups is 1. The molecule has 0 aliphatic carbocycles. The summed E-state index contributed by atoms with van der Waals surface area (Å²) < 4.78 is 9.04. The van der Waals surface area contributed by atoms with Gasteiger partial charge in [0.1, 0.15) is 0 Å². The summed E-state index contributed by atoms with van der Waals surface area (Å²) in [5.74, 6) is 0. The van der Waals surface area contributed by atoms with Crippen molar-refractivity contribution in [1.29, 1.82) is 0 Å². The molecule has 6 nitrogen and oxygen atoms in total. The Bertz CT molecular complexity index is 122. The predicted octanol–water partition coefficient (Wildman–Crippen LogP) is 0.0388. The van der Waals surface area contributed by atoms with E-state index in [4.69, 9.17) is 0 Å². The van der Waals surface area contributed by atoms with Gasteiger partial charge in [-0.25, -0.2) is 4.79 Å². The van der Waals surface area contributed by atoms with Crippen molar-refractivity contribution in [3.63, 3.8) is 0 Å². The van der Waals surface area contributed by atoms with Crippen molar-refractivity contribution in [3.8, 4) is 0 Å². The van der Waals surface area contributed by atoms with Crippen LogP contribution in [0, 0.1) is 4.91 Å². The van der Waals surface area contributed by atoms with Gasteiger partial charge in [-0.05, 0) is 0 Å². The van der Waals surface area contributed by atoms with E-state index in [1.54, 1.807) is 0 Å². The van der Waals surface area contributed by atoms with E-state index in [2.05, 4.69) is 14.7 Å². The largest absolute Gasteiger partial charge is 0.382 e. The fourth-order valence-corrected chi connectivity index (χ4v) is 0.341. The Labute approximate surface area is 57.5 Å². The molecule has 0 aromatic heterocycles. The summed E-state index contributed by atoms with van der Waals surface area (Å²) in [6.45, 7) is 0. The van der Waals surface area contributed by atoms with Crippen LogP contribution in [0.5, 0.6) is 0 Å². The highest BCUT2D eigenvalue weighted by Crippen LogP contribution is 1.85. The first-order valence-corrected chi connectivity index (χ1v) is 2.44. The van der Waals surface area contributed by atoms with E-state index in [-0.39, 0.29) is 0 Å². The first-order valence-electron chi connectivity index (χ1n) is 2.44. The highest BCUT2D eigenvalue weighted by Gasteiger charge is 2.08. The number of methoxy groups -OCH3 is 2. The monoisotopic (exact) mass is 148 g/mol. The summed E-state index contributed by atoms with van der Waals surface area (Å²) in [7, 11) is 2.64. The van der Waals surface area contributed by atoms with Crippen molar-refractivity contribution in [2.45, 2.75) is 6.41 Å². The van der Waals surface area contributed by atoms with Crippen LogP contribution in [0.15, 0.2) is 5.18 Å². The first kappa shape index (κ1) is 8.99. The summed E-state index contributed by atoms with van der Waals surface area (Å²) in [5, 5.41) is 4.07. The maximum Gasteiger partial charge on any atom is 0.382 e. The third kappa shape index (κ3) is 3.10. The lowest BCUT2D eigenvalue weighted by molar-refractivity contribution is -0.114. The third-order valence-electron chi connectivity index (χ3n) is 0.752. The van der Waals surface area contributed by atoms with E-state index in [1.165, 1.54) is 14.2 Å². The average molecular weight is 148 g/mol. The Morgan fingerprint density at radius 2 is 2.00 bits per heavy atom. The van der Waals surface area contributed by atoms with Crippen LogP contribution in [0.25, 0.3) is 0 Å². The molecular weight excluding hydrogens is 140 g/mol. The van der Waals surface area contributed by atoms with Crippen molar-refractivity contribution >= 4 is 6.03 Å². The van der Waals surface area contributed by atoms with Crippen LogP contribution in [0.1, 0.15) is 0 Å². The van der Waals surface area contributed by atoms with Gasteiger partial charge in [0.2, 0.25) is 6.41 Å². The number of carbonyl (C=O) groups is 1. The van der Waals surface area contributed by atoms with Crippen molar-refractivity contribution in [3.05, 3.63) is 4.91 Å². The molecule has 1 N–H and O–H groups in total. The van der Waals surface area contributed by atoms with E-state index in [1.807, 2.05) is 5.32 Å². The fraction of sp³-hybridized carbons (Fsp3) is 0.750. The number of hydrogen-bond acceptors (Lipinski definition) is 4. The van der Waals surface area contributed by atoms with Gasteiger partial charge in [-0.3, -0.25) is 5.32 Å². The minimum absolute atomic E-state index is 0.912. The molecule has 0 aliphatic rings. The number of ether oxygens (including phenoxy) is 2. The fourth-order valence-electron chi connectivity index (χ4n) is 0.341. The molecule has 0 rings (SSSR count). The lowest BCUT2D eigenvalue weighted by Gasteiger charge is -2.11. The van der Waals surface area contributed by atoms with Gasteiger partial charge in [0, 0.05) is 19.4 Å². The van der Waals surface area contributed by atoms with Gasteiger partial charge < -0.3 is 9.47 Å². The molecule has 0 saturated carbocycles. The molecule has 2 amide bonds. The Morgan fingerprint density at radius 1 is 1.50 bits per heavy atom. The second kappa shape index (κ2) is 4.83. The van der Waals surface area contributed by atoms with Crippen LogP contribution in [0.2, 0.25) is 0 Å². The van der Waals surface area contributed by atoms with E-state index in [0.29, 0.717) is 0 Å². The average Bonchev–Trinajstić information content (AvgIpc) is 1.99. The second-order valence-electron chi connectivity index (χ2n) is 1.34. The quantitative estimate of drug-likeness (QED) is 0.452. The first-order chi connectivity index (χ1) is 4.74. The molecule has 0 radical (unpaired) electrons. The van der Waals surface area contributed by atoms with E-state index < -0.39 is 12.4 Å². The molecule has 0 aliphatic heterocycles. The molecule has 0 spiro atoms. The summed E-state index contributed by atoms with van der Waals surface area (Å²) in [6, 6.07) is -1.02. The van der Waals surface area contributed by atoms with Gasteiger partial charge in [-0.15, -0.1) is 4.91 Å². The van der Waals surface area contributed by atoms with E-state index in [9.17, 15) is 9.70 Å². The van der Waals surface area contributed by atoms with Crippen molar-refractivity contribution < 1.29 is 14.3 Å². The molecule has 0 fully saturated rings. The van der Waals surface area contributed by atoms with Crippen LogP contribution in [0.3, 0.4) is 0 Å². The minimum atomic E-state index is -1.02. The third-order valence-corrected chi connectivity index (χ3v) is 0.752. The van der Waals surface area contributed by atoms with Gasteiger partial charge in [-0.1, -0.05) is 0 Å². The number of rotatable bonds is 3. The summed E-state index contributed by atoms with van der Waals surface area (Å²) >= 11 is 0. The Morgan fingerprint density at radius 3 is 2.30 bits per heavy atom.